The Balaban J connectivity index is 2.16. The fraction of sp³-hybridized carbons (Fsp3) is 0.250. The predicted octanol–water partition coefficient (Wildman–Crippen LogP) is 2.70. The van der Waals surface area contributed by atoms with Crippen LogP contribution in [0.2, 0.25) is 5.02 Å². The minimum Gasteiger partial charge on any atom is -0.497 e. The first-order valence-corrected chi connectivity index (χ1v) is 8.71. The molecule has 124 valence electrons. The Morgan fingerprint density at radius 2 is 1.78 bits per heavy atom. The number of aliphatic hydroxyl groups excluding tert-OH is 1. The van der Waals surface area contributed by atoms with Crippen molar-refractivity contribution < 1.29 is 18.3 Å². The van der Waals surface area contributed by atoms with Crippen LogP contribution in [0.4, 0.5) is 0 Å². The van der Waals surface area contributed by atoms with Gasteiger partial charge in [0.2, 0.25) is 10.0 Å². The van der Waals surface area contributed by atoms with Gasteiger partial charge in [0, 0.05) is 13.6 Å². The summed E-state index contributed by atoms with van der Waals surface area (Å²) in [7, 11) is -0.810. The first-order valence-electron chi connectivity index (χ1n) is 6.89. The third-order valence-electron chi connectivity index (χ3n) is 3.46. The Morgan fingerprint density at radius 3 is 2.35 bits per heavy atom. The lowest BCUT2D eigenvalue weighted by atomic mass is 10.1. The van der Waals surface area contributed by atoms with E-state index in [0.717, 1.165) is 4.31 Å². The second kappa shape index (κ2) is 7.31. The number of halogens is 1. The molecule has 0 fully saturated rings. The zero-order valence-electron chi connectivity index (χ0n) is 12.8. The van der Waals surface area contributed by atoms with Crippen molar-refractivity contribution >= 4 is 21.6 Å². The number of benzene rings is 2. The second-order valence-electron chi connectivity index (χ2n) is 5.00. The Morgan fingerprint density at radius 1 is 1.17 bits per heavy atom. The van der Waals surface area contributed by atoms with E-state index in [1.807, 2.05) is 0 Å². The van der Waals surface area contributed by atoms with Crippen LogP contribution in [-0.2, 0) is 10.0 Å². The van der Waals surface area contributed by atoms with Gasteiger partial charge >= 0.3 is 0 Å². The highest BCUT2D eigenvalue weighted by Crippen LogP contribution is 2.25. The lowest BCUT2D eigenvalue weighted by molar-refractivity contribution is 0.155. The van der Waals surface area contributed by atoms with Crippen molar-refractivity contribution in [1.29, 1.82) is 0 Å². The van der Waals surface area contributed by atoms with E-state index in [1.54, 1.807) is 43.5 Å². The van der Waals surface area contributed by atoms with Gasteiger partial charge in [0.1, 0.15) is 10.6 Å². The number of rotatable bonds is 6. The molecule has 2 rings (SSSR count). The van der Waals surface area contributed by atoms with Crippen LogP contribution in [0.1, 0.15) is 11.7 Å². The zero-order valence-corrected chi connectivity index (χ0v) is 14.4. The van der Waals surface area contributed by atoms with E-state index in [-0.39, 0.29) is 16.5 Å². The molecule has 0 radical (unpaired) electrons. The Kier molecular flexibility index (Phi) is 5.64. The van der Waals surface area contributed by atoms with Crippen molar-refractivity contribution in [2.75, 3.05) is 20.7 Å². The SMILES string of the molecule is COc1ccc(C(O)CN(C)S(=O)(=O)c2ccccc2Cl)cc1. The highest BCUT2D eigenvalue weighted by molar-refractivity contribution is 7.89. The van der Waals surface area contributed by atoms with Gasteiger partial charge in [0.05, 0.1) is 18.2 Å². The molecule has 1 N–H and O–H groups in total. The first kappa shape index (κ1) is 17.7. The van der Waals surface area contributed by atoms with Gasteiger partial charge in [-0.1, -0.05) is 35.9 Å². The van der Waals surface area contributed by atoms with E-state index in [1.165, 1.54) is 19.2 Å². The lowest BCUT2D eigenvalue weighted by Gasteiger charge is -2.21. The van der Waals surface area contributed by atoms with Gasteiger partial charge in [-0.05, 0) is 29.8 Å². The summed E-state index contributed by atoms with van der Waals surface area (Å²) >= 11 is 5.96. The van der Waals surface area contributed by atoms with Crippen LogP contribution < -0.4 is 4.74 Å². The summed E-state index contributed by atoms with van der Waals surface area (Å²) in [6, 6.07) is 13.0. The van der Waals surface area contributed by atoms with Crippen molar-refractivity contribution in [3.8, 4) is 5.75 Å². The van der Waals surface area contributed by atoms with Crippen LogP contribution >= 0.6 is 11.6 Å². The highest BCUT2D eigenvalue weighted by atomic mass is 35.5. The molecule has 0 amide bonds. The molecular formula is C16H18ClNO4S. The summed E-state index contributed by atoms with van der Waals surface area (Å²) in [5.41, 5.74) is 0.604. The third-order valence-corrected chi connectivity index (χ3v) is 5.78. The first-order chi connectivity index (χ1) is 10.9. The third kappa shape index (κ3) is 4.03. The highest BCUT2D eigenvalue weighted by Gasteiger charge is 2.25. The number of sulfonamides is 1. The summed E-state index contributed by atoms with van der Waals surface area (Å²) < 4.78 is 31.2. The maximum Gasteiger partial charge on any atom is 0.244 e. The van der Waals surface area contributed by atoms with E-state index in [0.29, 0.717) is 11.3 Å². The van der Waals surface area contributed by atoms with E-state index in [2.05, 4.69) is 0 Å². The largest absolute Gasteiger partial charge is 0.497 e. The molecule has 0 saturated carbocycles. The quantitative estimate of drug-likeness (QED) is 0.865. The standard InChI is InChI=1S/C16H18ClNO4S/c1-18(23(20,21)16-6-4-3-5-14(16)17)11-15(19)12-7-9-13(22-2)10-8-12/h3-10,15,19H,11H2,1-2H3. The number of hydrogen-bond donors (Lipinski definition) is 1. The summed E-state index contributed by atoms with van der Waals surface area (Å²) in [6.07, 6.45) is -0.955. The molecule has 0 aromatic heterocycles. The van der Waals surface area contributed by atoms with Crippen molar-refractivity contribution in [2.24, 2.45) is 0 Å². The van der Waals surface area contributed by atoms with Gasteiger partial charge in [-0.3, -0.25) is 0 Å². The van der Waals surface area contributed by atoms with Crippen LogP contribution in [0, 0.1) is 0 Å². The molecule has 0 bridgehead atoms. The molecule has 5 nitrogen and oxygen atoms in total. The van der Waals surface area contributed by atoms with Gasteiger partial charge < -0.3 is 9.84 Å². The van der Waals surface area contributed by atoms with Gasteiger partial charge in [-0.15, -0.1) is 0 Å². The molecule has 1 unspecified atom stereocenters. The monoisotopic (exact) mass is 355 g/mol. The molecule has 0 heterocycles. The number of likely N-dealkylation sites (N-methyl/N-ethyl adjacent to an activating group) is 1. The minimum absolute atomic E-state index is 0.0195. The number of aliphatic hydroxyl groups is 1. The van der Waals surface area contributed by atoms with Crippen LogP contribution in [-0.4, -0.2) is 38.5 Å². The topological polar surface area (TPSA) is 66.8 Å². The van der Waals surface area contributed by atoms with Gasteiger partial charge in [0.25, 0.3) is 0 Å². The van der Waals surface area contributed by atoms with E-state index < -0.39 is 16.1 Å². The smallest absolute Gasteiger partial charge is 0.244 e. The molecule has 0 aliphatic heterocycles. The fourth-order valence-electron chi connectivity index (χ4n) is 2.09. The molecule has 0 saturated heterocycles. The van der Waals surface area contributed by atoms with Crippen molar-refractivity contribution in [3.05, 3.63) is 59.1 Å². The summed E-state index contributed by atoms with van der Waals surface area (Å²) in [5, 5.41) is 10.4. The summed E-state index contributed by atoms with van der Waals surface area (Å²) in [5.74, 6) is 0.665. The van der Waals surface area contributed by atoms with Crippen molar-refractivity contribution in [3.63, 3.8) is 0 Å². The predicted molar refractivity (Wildman–Crippen MR) is 89.2 cm³/mol. The molecule has 2 aromatic carbocycles. The maximum absolute atomic E-state index is 12.5. The van der Waals surface area contributed by atoms with Crippen LogP contribution in [0.5, 0.6) is 5.75 Å². The van der Waals surface area contributed by atoms with E-state index >= 15 is 0 Å². The Labute approximate surface area is 141 Å². The Hall–Kier alpha value is -1.60. The van der Waals surface area contributed by atoms with Gasteiger partial charge in [-0.25, -0.2) is 8.42 Å². The normalized spacial score (nSPS) is 13.1. The molecule has 2 aromatic rings. The maximum atomic E-state index is 12.5. The van der Waals surface area contributed by atoms with Crippen LogP contribution in [0.3, 0.4) is 0 Å². The van der Waals surface area contributed by atoms with Crippen LogP contribution in [0.25, 0.3) is 0 Å². The molecule has 1 atom stereocenters. The number of ether oxygens (including phenoxy) is 1. The summed E-state index contributed by atoms with van der Waals surface area (Å²) in [4.78, 5) is 0.0195. The van der Waals surface area contributed by atoms with Crippen molar-refractivity contribution in [1.82, 2.24) is 4.31 Å². The van der Waals surface area contributed by atoms with Gasteiger partial charge in [-0.2, -0.15) is 4.31 Å². The molecule has 0 spiro atoms. The second-order valence-corrected chi connectivity index (χ2v) is 7.43. The van der Waals surface area contributed by atoms with E-state index in [4.69, 9.17) is 16.3 Å². The van der Waals surface area contributed by atoms with Crippen LogP contribution in [0.15, 0.2) is 53.4 Å². The number of nitrogens with zero attached hydrogens (tertiary/aromatic N) is 1. The number of methoxy groups -OCH3 is 1. The van der Waals surface area contributed by atoms with E-state index in [9.17, 15) is 13.5 Å². The average molecular weight is 356 g/mol. The molecule has 0 aliphatic carbocycles. The minimum atomic E-state index is -3.77. The molecular weight excluding hydrogens is 338 g/mol. The number of hydrogen-bond acceptors (Lipinski definition) is 4. The van der Waals surface area contributed by atoms with Gasteiger partial charge in [0.15, 0.2) is 0 Å². The molecule has 23 heavy (non-hydrogen) atoms. The Bertz CT molecular complexity index is 762. The fourth-order valence-corrected chi connectivity index (χ4v) is 3.76. The molecule has 7 heteroatoms. The van der Waals surface area contributed by atoms with Crippen molar-refractivity contribution in [2.45, 2.75) is 11.0 Å². The lowest BCUT2D eigenvalue weighted by Crippen LogP contribution is -2.31. The average Bonchev–Trinajstić information content (AvgIpc) is 2.55. The molecule has 0 aliphatic rings. The zero-order chi connectivity index (χ0) is 17.0. The summed E-state index contributed by atoms with van der Waals surface area (Å²) in [6.45, 7) is -0.0834.